The number of halogens is 1. The van der Waals surface area contributed by atoms with Gasteiger partial charge in [0, 0.05) is 12.6 Å². The van der Waals surface area contributed by atoms with Gasteiger partial charge in [-0.05, 0) is 24.4 Å². The van der Waals surface area contributed by atoms with Gasteiger partial charge in [-0.1, -0.05) is 13.8 Å². The van der Waals surface area contributed by atoms with Crippen molar-refractivity contribution in [3.05, 3.63) is 16.5 Å². The molecule has 4 heteroatoms. The Labute approximate surface area is 83.5 Å². The van der Waals surface area contributed by atoms with Crippen molar-refractivity contribution in [3.63, 3.8) is 0 Å². The van der Waals surface area contributed by atoms with E-state index in [-0.39, 0.29) is 0 Å². The fraction of sp³-hybridized carbons (Fsp3) is 0.556. The highest BCUT2D eigenvalue weighted by Crippen LogP contribution is 2.23. The van der Waals surface area contributed by atoms with E-state index >= 15 is 0 Å². The van der Waals surface area contributed by atoms with Crippen LogP contribution in [0.4, 0.5) is 5.82 Å². The molecule has 0 spiro atoms. The van der Waals surface area contributed by atoms with E-state index in [4.69, 9.17) is 11.6 Å². The molecule has 0 unspecified atom stereocenters. The van der Waals surface area contributed by atoms with E-state index in [0.29, 0.717) is 11.2 Å². The van der Waals surface area contributed by atoms with Crippen molar-refractivity contribution >= 4 is 17.4 Å². The van der Waals surface area contributed by atoms with Gasteiger partial charge in [-0.15, -0.1) is 0 Å². The first kappa shape index (κ1) is 10.3. The molecule has 0 aromatic carbocycles. The van der Waals surface area contributed by atoms with Crippen LogP contribution in [0.25, 0.3) is 0 Å². The Bertz CT molecular complexity index is 310. The molecule has 72 valence electrons. The third kappa shape index (κ3) is 2.10. The van der Waals surface area contributed by atoms with E-state index in [0.717, 1.165) is 17.1 Å². The summed E-state index contributed by atoms with van der Waals surface area (Å²) in [7, 11) is 1.83. The van der Waals surface area contributed by atoms with Crippen LogP contribution in [-0.2, 0) is 0 Å². The van der Waals surface area contributed by atoms with Crippen LogP contribution in [0.1, 0.15) is 31.0 Å². The molecule has 1 aromatic heterocycles. The monoisotopic (exact) mass is 199 g/mol. The Balaban J connectivity index is 3.27. The molecule has 1 N–H and O–H groups in total. The highest BCUT2D eigenvalue weighted by Gasteiger charge is 2.11. The first-order valence-electron chi connectivity index (χ1n) is 4.28. The molecule has 1 rings (SSSR count). The minimum absolute atomic E-state index is 0.304. The summed E-state index contributed by atoms with van der Waals surface area (Å²) in [5.41, 5.74) is 2.08. The summed E-state index contributed by atoms with van der Waals surface area (Å²) in [5.74, 6) is 1.18. The van der Waals surface area contributed by atoms with Gasteiger partial charge in [-0.2, -0.15) is 0 Å². The lowest BCUT2D eigenvalue weighted by Crippen LogP contribution is -2.04. The molecule has 0 saturated heterocycles. The largest absolute Gasteiger partial charge is 0.373 e. The number of rotatable bonds is 2. The molecule has 0 aliphatic rings. The summed E-state index contributed by atoms with van der Waals surface area (Å²) in [6.07, 6.45) is 0. The number of nitrogens with zero attached hydrogens (tertiary/aromatic N) is 2. The van der Waals surface area contributed by atoms with Crippen LogP contribution in [0.5, 0.6) is 0 Å². The van der Waals surface area contributed by atoms with Crippen molar-refractivity contribution in [1.29, 1.82) is 0 Å². The second-order valence-electron chi connectivity index (χ2n) is 3.26. The molecule has 0 amide bonds. The maximum atomic E-state index is 5.78. The molecule has 0 aliphatic carbocycles. The van der Waals surface area contributed by atoms with Gasteiger partial charge in [0.25, 0.3) is 0 Å². The average Bonchev–Trinajstić information content (AvgIpc) is 2.08. The maximum absolute atomic E-state index is 5.78. The molecule has 0 bridgehead atoms. The minimum Gasteiger partial charge on any atom is -0.373 e. The van der Waals surface area contributed by atoms with Crippen LogP contribution in [-0.4, -0.2) is 17.0 Å². The summed E-state index contributed by atoms with van der Waals surface area (Å²) in [5, 5.41) is 3.30. The molecule has 1 heterocycles. The van der Waals surface area contributed by atoms with E-state index in [9.17, 15) is 0 Å². The molecule has 0 atom stereocenters. The van der Waals surface area contributed by atoms with Gasteiger partial charge in [0.15, 0.2) is 0 Å². The van der Waals surface area contributed by atoms with Crippen LogP contribution < -0.4 is 5.32 Å². The van der Waals surface area contributed by atoms with Crippen LogP contribution in [0.3, 0.4) is 0 Å². The van der Waals surface area contributed by atoms with Gasteiger partial charge in [0.2, 0.25) is 5.28 Å². The lowest BCUT2D eigenvalue weighted by molar-refractivity contribution is 0.803. The Morgan fingerprint density at radius 1 is 1.31 bits per heavy atom. The normalized spacial score (nSPS) is 10.6. The topological polar surface area (TPSA) is 37.8 Å². The van der Waals surface area contributed by atoms with E-state index in [2.05, 4.69) is 29.1 Å². The quantitative estimate of drug-likeness (QED) is 0.745. The van der Waals surface area contributed by atoms with Gasteiger partial charge in [0.1, 0.15) is 5.82 Å². The van der Waals surface area contributed by atoms with Gasteiger partial charge in [0.05, 0.1) is 5.69 Å². The SMILES string of the molecule is CNc1nc(Cl)nc(C(C)C)c1C. The maximum Gasteiger partial charge on any atom is 0.224 e. The smallest absolute Gasteiger partial charge is 0.224 e. The van der Waals surface area contributed by atoms with Gasteiger partial charge >= 0.3 is 0 Å². The second kappa shape index (κ2) is 3.92. The first-order chi connectivity index (χ1) is 6.06. The molecular weight excluding hydrogens is 186 g/mol. The Kier molecular flexibility index (Phi) is 3.09. The second-order valence-corrected chi connectivity index (χ2v) is 3.59. The fourth-order valence-corrected chi connectivity index (χ4v) is 1.49. The summed E-state index contributed by atoms with van der Waals surface area (Å²) in [6.45, 7) is 6.17. The zero-order valence-electron chi connectivity index (χ0n) is 8.35. The standard InChI is InChI=1S/C9H14ClN3/c1-5(2)7-6(3)8(11-4)13-9(10)12-7/h5H,1-4H3,(H,11,12,13). The minimum atomic E-state index is 0.304. The molecule has 3 nitrogen and oxygen atoms in total. The van der Waals surface area contributed by atoms with Crippen LogP contribution in [0.2, 0.25) is 5.28 Å². The molecule has 0 saturated carbocycles. The molecule has 1 aromatic rings. The summed E-state index contributed by atoms with van der Waals surface area (Å²) in [6, 6.07) is 0. The molecule has 0 fully saturated rings. The molecule has 0 radical (unpaired) electrons. The van der Waals surface area contributed by atoms with Crippen molar-refractivity contribution in [2.45, 2.75) is 26.7 Å². The van der Waals surface area contributed by atoms with Crippen molar-refractivity contribution in [2.75, 3.05) is 12.4 Å². The van der Waals surface area contributed by atoms with Crippen molar-refractivity contribution in [3.8, 4) is 0 Å². The molecule has 0 aliphatic heterocycles. The lowest BCUT2D eigenvalue weighted by atomic mass is 10.1. The Morgan fingerprint density at radius 2 is 1.92 bits per heavy atom. The van der Waals surface area contributed by atoms with E-state index in [1.165, 1.54) is 0 Å². The van der Waals surface area contributed by atoms with Gasteiger partial charge < -0.3 is 5.32 Å². The molecular formula is C9H14ClN3. The van der Waals surface area contributed by atoms with Crippen LogP contribution in [0.15, 0.2) is 0 Å². The highest BCUT2D eigenvalue weighted by molar-refractivity contribution is 6.28. The number of nitrogens with one attached hydrogen (secondary N) is 1. The zero-order valence-corrected chi connectivity index (χ0v) is 9.11. The summed E-state index contributed by atoms with van der Waals surface area (Å²) < 4.78 is 0. The van der Waals surface area contributed by atoms with Gasteiger partial charge in [-0.3, -0.25) is 0 Å². The van der Waals surface area contributed by atoms with E-state index < -0.39 is 0 Å². The lowest BCUT2D eigenvalue weighted by Gasteiger charge is -2.11. The van der Waals surface area contributed by atoms with E-state index in [1.54, 1.807) is 0 Å². The number of aromatic nitrogens is 2. The van der Waals surface area contributed by atoms with Crippen molar-refractivity contribution in [2.24, 2.45) is 0 Å². The predicted octanol–water partition coefficient (Wildman–Crippen LogP) is 2.60. The average molecular weight is 200 g/mol. The Hall–Kier alpha value is -0.830. The third-order valence-corrected chi connectivity index (χ3v) is 2.11. The Morgan fingerprint density at radius 3 is 2.38 bits per heavy atom. The summed E-state index contributed by atoms with van der Waals surface area (Å²) in [4.78, 5) is 8.27. The van der Waals surface area contributed by atoms with Crippen molar-refractivity contribution < 1.29 is 0 Å². The van der Waals surface area contributed by atoms with Crippen LogP contribution >= 0.6 is 11.6 Å². The number of anilines is 1. The molecule has 13 heavy (non-hydrogen) atoms. The van der Waals surface area contributed by atoms with Crippen LogP contribution in [0, 0.1) is 6.92 Å². The zero-order chi connectivity index (χ0) is 10.0. The third-order valence-electron chi connectivity index (χ3n) is 1.94. The fourth-order valence-electron chi connectivity index (χ4n) is 1.31. The van der Waals surface area contributed by atoms with Gasteiger partial charge in [-0.25, -0.2) is 9.97 Å². The number of hydrogen-bond donors (Lipinski definition) is 1. The predicted molar refractivity (Wildman–Crippen MR) is 55.4 cm³/mol. The summed E-state index contributed by atoms with van der Waals surface area (Å²) >= 11 is 5.78. The number of hydrogen-bond acceptors (Lipinski definition) is 3. The van der Waals surface area contributed by atoms with Crippen molar-refractivity contribution in [1.82, 2.24) is 9.97 Å². The first-order valence-corrected chi connectivity index (χ1v) is 4.65. The highest BCUT2D eigenvalue weighted by atomic mass is 35.5. The van der Waals surface area contributed by atoms with E-state index in [1.807, 2.05) is 14.0 Å².